The molecule has 1 heterocycles. The minimum absolute atomic E-state index is 0.509. The maximum Gasteiger partial charge on any atom is 0.0845 e. The normalized spacial score (nSPS) is 12.7. The maximum absolute atomic E-state index is 10.5. The van der Waals surface area contributed by atoms with Gasteiger partial charge in [-0.25, -0.2) is 0 Å². The van der Waals surface area contributed by atoms with Crippen molar-refractivity contribution in [1.29, 1.82) is 0 Å². The van der Waals surface area contributed by atoms with E-state index in [2.05, 4.69) is 53.9 Å². The number of aliphatic hydroxyl groups excluding tert-OH is 1. The fourth-order valence-corrected chi connectivity index (χ4v) is 3.09. The van der Waals surface area contributed by atoms with E-state index >= 15 is 0 Å². The van der Waals surface area contributed by atoms with E-state index in [9.17, 15) is 5.11 Å². The Hall–Kier alpha value is -1.13. The Bertz CT molecular complexity index is 619. The molecule has 0 saturated heterocycles. The minimum atomic E-state index is -0.509. The molecule has 0 bridgehead atoms. The molecule has 2 rings (SSSR count). The van der Waals surface area contributed by atoms with Crippen molar-refractivity contribution in [2.24, 2.45) is 7.05 Å². The summed E-state index contributed by atoms with van der Waals surface area (Å²) >= 11 is 3.59. The van der Waals surface area contributed by atoms with E-state index in [4.69, 9.17) is 0 Å². The molecular weight excluding hydrogens is 316 g/mol. The van der Waals surface area contributed by atoms with Crippen LogP contribution in [0.1, 0.15) is 41.1 Å². The lowest BCUT2D eigenvalue weighted by atomic mass is 10.00. The summed E-state index contributed by atoms with van der Waals surface area (Å²) in [6.07, 6.45) is 0.937. The SMILES string of the molecule is CCc1nn(C)c(CC(O)c2ccc(C)c(C)c2)c1Br. The van der Waals surface area contributed by atoms with Gasteiger partial charge >= 0.3 is 0 Å². The minimum Gasteiger partial charge on any atom is -0.388 e. The van der Waals surface area contributed by atoms with Gasteiger partial charge in [-0.15, -0.1) is 0 Å². The summed E-state index contributed by atoms with van der Waals surface area (Å²) in [5.41, 5.74) is 5.48. The standard InChI is InChI=1S/C16H21BrN2O/c1-5-13-16(17)14(19(4)18-13)9-15(20)12-7-6-10(2)11(3)8-12/h6-8,15,20H,5,9H2,1-4H3. The van der Waals surface area contributed by atoms with Crippen molar-refractivity contribution in [2.45, 2.75) is 39.7 Å². The molecule has 4 heteroatoms. The Morgan fingerprint density at radius 1 is 1.30 bits per heavy atom. The first-order valence-electron chi connectivity index (χ1n) is 6.89. The second-order valence-electron chi connectivity index (χ2n) is 5.25. The Kier molecular flexibility index (Phi) is 4.66. The highest BCUT2D eigenvalue weighted by Gasteiger charge is 2.17. The van der Waals surface area contributed by atoms with E-state index < -0.39 is 6.10 Å². The van der Waals surface area contributed by atoms with Gasteiger partial charge in [-0.2, -0.15) is 5.10 Å². The molecule has 0 aliphatic rings. The van der Waals surface area contributed by atoms with Gasteiger partial charge in [0.25, 0.3) is 0 Å². The van der Waals surface area contributed by atoms with Crippen LogP contribution in [0.2, 0.25) is 0 Å². The lowest BCUT2D eigenvalue weighted by Crippen LogP contribution is -2.07. The zero-order valence-corrected chi connectivity index (χ0v) is 14.0. The zero-order chi connectivity index (χ0) is 14.9. The zero-order valence-electron chi connectivity index (χ0n) is 12.4. The van der Waals surface area contributed by atoms with E-state index in [0.29, 0.717) is 6.42 Å². The Balaban J connectivity index is 2.25. The Morgan fingerprint density at radius 3 is 2.55 bits per heavy atom. The predicted octanol–water partition coefficient (Wildman–Crippen LogP) is 3.64. The maximum atomic E-state index is 10.5. The monoisotopic (exact) mass is 336 g/mol. The summed E-state index contributed by atoms with van der Waals surface area (Å²) in [5, 5.41) is 14.9. The van der Waals surface area contributed by atoms with Crippen LogP contribution in [0.3, 0.4) is 0 Å². The van der Waals surface area contributed by atoms with Crippen LogP contribution in [-0.4, -0.2) is 14.9 Å². The molecule has 0 radical (unpaired) electrons. The number of benzene rings is 1. The van der Waals surface area contributed by atoms with Gasteiger partial charge in [-0.1, -0.05) is 25.1 Å². The van der Waals surface area contributed by atoms with Crippen molar-refractivity contribution in [3.63, 3.8) is 0 Å². The van der Waals surface area contributed by atoms with E-state index in [1.165, 1.54) is 11.1 Å². The fraction of sp³-hybridized carbons (Fsp3) is 0.438. The molecule has 0 spiro atoms. The largest absolute Gasteiger partial charge is 0.388 e. The predicted molar refractivity (Wildman–Crippen MR) is 84.9 cm³/mol. The average molecular weight is 337 g/mol. The topological polar surface area (TPSA) is 38.0 Å². The van der Waals surface area contributed by atoms with E-state index in [1.54, 1.807) is 0 Å². The number of aryl methyl sites for hydroxylation is 4. The van der Waals surface area contributed by atoms with Crippen LogP contribution in [0, 0.1) is 13.8 Å². The summed E-state index contributed by atoms with van der Waals surface area (Å²) in [7, 11) is 1.92. The molecular formula is C16H21BrN2O. The van der Waals surface area contributed by atoms with Crippen molar-refractivity contribution >= 4 is 15.9 Å². The van der Waals surface area contributed by atoms with Crippen molar-refractivity contribution in [3.8, 4) is 0 Å². The molecule has 0 aliphatic heterocycles. The smallest absolute Gasteiger partial charge is 0.0845 e. The Labute approximate surface area is 128 Å². The molecule has 1 aromatic carbocycles. The lowest BCUT2D eigenvalue weighted by Gasteiger charge is -2.13. The molecule has 2 aromatic rings. The van der Waals surface area contributed by atoms with Gasteiger partial charge in [-0.3, -0.25) is 4.68 Å². The first-order valence-corrected chi connectivity index (χ1v) is 7.68. The average Bonchev–Trinajstić information content (AvgIpc) is 2.69. The van der Waals surface area contributed by atoms with Crippen LogP contribution < -0.4 is 0 Å². The number of nitrogens with zero attached hydrogens (tertiary/aromatic N) is 2. The number of halogens is 1. The highest BCUT2D eigenvalue weighted by molar-refractivity contribution is 9.10. The molecule has 3 nitrogen and oxygen atoms in total. The molecule has 1 aromatic heterocycles. The van der Waals surface area contributed by atoms with Gasteiger partial charge in [-0.05, 0) is 52.9 Å². The molecule has 108 valence electrons. The van der Waals surface area contributed by atoms with Crippen molar-refractivity contribution in [2.75, 3.05) is 0 Å². The van der Waals surface area contributed by atoms with Gasteiger partial charge in [0, 0.05) is 13.5 Å². The van der Waals surface area contributed by atoms with Crippen LogP contribution in [-0.2, 0) is 19.9 Å². The molecule has 0 amide bonds. The number of aliphatic hydroxyl groups is 1. The van der Waals surface area contributed by atoms with Crippen LogP contribution in [0.5, 0.6) is 0 Å². The van der Waals surface area contributed by atoms with Crippen LogP contribution in [0.25, 0.3) is 0 Å². The molecule has 1 N–H and O–H groups in total. The van der Waals surface area contributed by atoms with Gasteiger partial charge in [0.1, 0.15) is 0 Å². The highest BCUT2D eigenvalue weighted by Crippen LogP contribution is 2.27. The summed E-state index contributed by atoms with van der Waals surface area (Å²) < 4.78 is 2.87. The summed E-state index contributed by atoms with van der Waals surface area (Å²) in [4.78, 5) is 0. The highest BCUT2D eigenvalue weighted by atomic mass is 79.9. The van der Waals surface area contributed by atoms with Crippen LogP contribution in [0.4, 0.5) is 0 Å². The number of aromatic nitrogens is 2. The molecule has 0 saturated carbocycles. The van der Waals surface area contributed by atoms with Crippen molar-refractivity contribution < 1.29 is 5.11 Å². The fourth-order valence-electron chi connectivity index (χ4n) is 2.31. The van der Waals surface area contributed by atoms with Gasteiger partial charge in [0.15, 0.2) is 0 Å². The Morgan fingerprint density at radius 2 is 2.00 bits per heavy atom. The number of hydrogen-bond acceptors (Lipinski definition) is 2. The van der Waals surface area contributed by atoms with Crippen LogP contribution >= 0.6 is 15.9 Å². The summed E-state index contributed by atoms with van der Waals surface area (Å²) in [5.74, 6) is 0. The van der Waals surface area contributed by atoms with Gasteiger partial charge < -0.3 is 5.11 Å². The van der Waals surface area contributed by atoms with E-state index in [-0.39, 0.29) is 0 Å². The lowest BCUT2D eigenvalue weighted by molar-refractivity contribution is 0.175. The summed E-state index contributed by atoms with van der Waals surface area (Å²) in [6, 6.07) is 6.12. The molecule has 1 atom stereocenters. The van der Waals surface area contributed by atoms with Crippen molar-refractivity contribution in [3.05, 3.63) is 50.8 Å². The molecule has 0 fully saturated rings. The van der Waals surface area contributed by atoms with Crippen molar-refractivity contribution in [1.82, 2.24) is 9.78 Å². The molecule has 0 aliphatic carbocycles. The first kappa shape index (κ1) is 15.3. The third-order valence-electron chi connectivity index (χ3n) is 3.81. The van der Waals surface area contributed by atoms with E-state index in [1.807, 2.05) is 17.8 Å². The second-order valence-corrected chi connectivity index (χ2v) is 6.04. The number of hydrogen-bond donors (Lipinski definition) is 1. The van der Waals surface area contributed by atoms with Crippen LogP contribution in [0.15, 0.2) is 22.7 Å². The second kappa shape index (κ2) is 6.10. The molecule has 1 unspecified atom stereocenters. The summed E-state index contributed by atoms with van der Waals surface area (Å²) in [6.45, 7) is 6.23. The van der Waals surface area contributed by atoms with E-state index in [0.717, 1.165) is 27.8 Å². The first-order chi connectivity index (χ1) is 9.43. The van der Waals surface area contributed by atoms with Gasteiger partial charge in [0.2, 0.25) is 0 Å². The van der Waals surface area contributed by atoms with Gasteiger partial charge in [0.05, 0.1) is 22.0 Å². The molecule has 20 heavy (non-hydrogen) atoms. The third kappa shape index (κ3) is 2.96. The number of rotatable bonds is 4. The third-order valence-corrected chi connectivity index (χ3v) is 4.72. The quantitative estimate of drug-likeness (QED) is 0.925.